The van der Waals surface area contributed by atoms with Crippen LogP contribution in [0.4, 0.5) is 0 Å². The van der Waals surface area contributed by atoms with Gasteiger partial charge in [-0.05, 0) is 12.0 Å². The molecule has 0 bridgehead atoms. The van der Waals surface area contributed by atoms with Gasteiger partial charge >= 0.3 is 0 Å². The van der Waals surface area contributed by atoms with E-state index in [-0.39, 0.29) is 5.92 Å². The lowest BCUT2D eigenvalue weighted by molar-refractivity contribution is -0.121. The summed E-state index contributed by atoms with van der Waals surface area (Å²) < 4.78 is 1.73. The van der Waals surface area contributed by atoms with Crippen molar-refractivity contribution >= 4 is 5.78 Å². The predicted molar refractivity (Wildman–Crippen MR) is 56.0 cm³/mol. The van der Waals surface area contributed by atoms with Gasteiger partial charge in [-0.1, -0.05) is 20.3 Å². The van der Waals surface area contributed by atoms with Crippen LogP contribution in [-0.4, -0.2) is 15.6 Å². The fourth-order valence-electron chi connectivity index (χ4n) is 1.53. The first-order valence-corrected chi connectivity index (χ1v) is 5.13. The van der Waals surface area contributed by atoms with Gasteiger partial charge in [-0.2, -0.15) is 5.10 Å². The molecule has 1 aromatic heterocycles. The minimum Gasteiger partial charge on any atom is -0.299 e. The van der Waals surface area contributed by atoms with Crippen molar-refractivity contribution in [3.8, 4) is 0 Å². The number of aryl methyl sites for hydroxylation is 1. The molecule has 1 unspecified atom stereocenters. The third-order valence-electron chi connectivity index (χ3n) is 2.41. The molecule has 3 nitrogen and oxygen atoms in total. The molecule has 0 saturated carbocycles. The first-order chi connectivity index (χ1) is 6.63. The summed E-state index contributed by atoms with van der Waals surface area (Å²) in [7, 11) is 1.86. The van der Waals surface area contributed by atoms with Crippen LogP contribution in [-0.2, 0) is 18.3 Å². The van der Waals surface area contributed by atoms with Crippen LogP contribution in [0.2, 0.25) is 0 Å². The quantitative estimate of drug-likeness (QED) is 0.718. The van der Waals surface area contributed by atoms with E-state index in [4.69, 9.17) is 0 Å². The smallest absolute Gasteiger partial charge is 0.140 e. The van der Waals surface area contributed by atoms with Crippen molar-refractivity contribution in [2.24, 2.45) is 13.0 Å². The first-order valence-electron chi connectivity index (χ1n) is 5.13. The van der Waals surface area contributed by atoms with Crippen molar-refractivity contribution in [3.63, 3.8) is 0 Å². The molecular weight excluding hydrogens is 176 g/mol. The molecule has 1 heterocycles. The largest absolute Gasteiger partial charge is 0.299 e. The maximum Gasteiger partial charge on any atom is 0.140 e. The van der Waals surface area contributed by atoms with Crippen molar-refractivity contribution < 1.29 is 4.79 Å². The number of Topliss-reactive ketones (excluding diaryl/α,β-unsaturated/α-hetero) is 1. The third-order valence-corrected chi connectivity index (χ3v) is 2.41. The third kappa shape index (κ3) is 2.98. The Morgan fingerprint density at radius 2 is 2.36 bits per heavy atom. The van der Waals surface area contributed by atoms with Gasteiger partial charge in [0.05, 0.1) is 6.20 Å². The van der Waals surface area contributed by atoms with Crippen LogP contribution < -0.4 is 0 Å². The maximum atomic E-state index is 11.7. The van der Waals surface area contributed by atoms with Gasteiger partial charge in [0.1, 0.15) is 5.78 Å². The highest BCUT2D eigenvalue weighted by Gasteiger charge is 2.12. The fourth-order valence-corrected chi connectivity index (χ4v) is 1.53. The summed E-state index contributed by atoms with van der Waals surface area (Å²) in [6, 6.07) is 0. The Kier molecular flexibility index (Phi) is 3.86. The van der Waals surface area contributed by atoms with E-state index in [9.17, 15) is 4.79 Å². The maximum absolute atomic E-state index is 11.7. The lowest BCUT2D eigenvalue weighted by Gasteiger charge is -2.06. The van der Waals surface area contributed by atoms with Gasteiger partial charge in [-0.3, -0.25) is 9.48 Å². The molecule has 0 aliphatic carbocycles. The van der Waals surface area contributed by atoms with Crippen LogP contribution in [0.3, 0.4) is 0 Å². The van der Waals surface area contributed by atoms with Crippen molar-refractivity contribution in [1.29, 1.82) is 0 Å². The number of hydrogen-bond acceptors (Lipinski definition) is 2. The van der Waals surface area contributed by atoms with Crippen molar-refractivity contribution in [2.45, 2.75) is 33.1 Å². The van der Waals surface area contributed by atoms with E-state index in [1.165, 1.54) is 0 Å². The molecule has 78 valence electrons. The molecule has 0 aliphatic rings. The summed E-state index contributed by atoms with van der Waals surface area (Å²) in [5, 5.41) is 4.04. The van der Waals surface area contributed by atoms with Gasteiger partial charge < -0.3 is 0 Å². The van der Waals surface area contributed by atoms with Crippen molar-refractivity contribution in [1.82, 2.24) is 9.78 Å². The average molecular weight is 194 g/mol. The van der Waals surface area contributed by atoms with E-state index in [0.717, 1.165) is 18.4 Å². The lowest BCUT2D eigenvalue weighted by Crippen LogP contribution is -2.13. The van der Waals surface area contributed by atoms with Crippen molar-refractivity contribution in [3.05, 3.63) is 18.0 Å². The zero-order valence-electron chi connectivity index (χ0n) is 9.16. The Morgan fingerprint density at radius 1 is 1.64 bits per heavy atom. The van der Waals surface area contributed by atoms with E-state index in [0.29, 0.717) is 12.2 Å². The van der Waals surface area contributed by atoms with E-state index in [1.54, 1.807) is 10.9 Å². The molecular formula is C11H18N2O. The Balaban J connectivity index is 2.48. The second-order valence-corrected chi connectivity index (χ2v) is 3.86. The van der Waals surface area contributed by atoms with Crippen LogP contribution in [0.15, 0.2) is 12.4 Å². The second-order valence-electron chi connectivity index (χ2n) is 3.86. The van der Waals surface area contributed by atoms with Gasteiger partial charge in [-0.15, -0.1) is 0 Å². The monoisotopic (exact) mass is 194 g/mol. The highest BCUT2D eigenvalue weighted by atomic mass is 16.1. The molecule has 0 aromatic carbocycles. The summed E-state index contributed by atoms with van der Waals surface area (Å²) in [6.45, 7) is 4.11. The highest BCUT2D eigenvalue weighted by molar-refractivity contribution is 5.82. The summed E-state index contributed by atoms with van der Waals surface area (Å²) in [5.41, 5.74) is 1.01. The van der Waals surface area contributed by atoms with Crippen LogP contribution in [0, 0.1) is 5.92 Å². The number of aromatic nitrogens is 2. The molecule has 0 fully saturated rings. The van der Waals surface area contributed by atoms with Gasteiger partial charge in [0.25, 0.3) is 0 Å². The fraction of sp³-hybridized carbons (Fsp3) is 0.636. The predicted octanol–water partition coefficient (Wildman–Crippen LogP) is 1.97. The summed E-state index contributed by atoms with van der Waals surface area (Å²) >= 11 is 0. The summed E-state index contributed by atoms with van der Waals surface area (Å²) in [5.74, 6) is 0.500. The van der Waals surface area contributed by atoms with E-state index >= 15 is 0 Å². The van der Waals surface area contributed by atoms with Crippen LogP contribution in [0.1, 0.15) is 32.3 Å². The van der Waals surface area contributed by atoms with E-state index < -0.39 is 0 Å². The number of hydrogen-bond donors (Lipinski definition) is 0. The van der Waals surface area contributed by atoms with E-state index in [1.807, 2.05) is 20.2 Å². The molecule has 0 N–H and O–H groups in total. The minimum atomic E-state index is 0.181. The van der Waals surface area contributed by atoms with Gasteiger partial charge in [0.2, 0.25) is 0 Å². The van der Waals surface area contributed by atoms with E-state index in [2.05, 4.69) is 12.0 Å². The number of carbonyl (C=O) groups excluding carboxylic acids is 1. The molecule has 1 aromatic rings. The number of nitrogens with zero attached hydrogens (tertiary/aromatic N) is 2. The topological polar surface area (TPSA) is 34.9 Å². The molecule has 1 rings (SSSR count). The zero-order valence-corrected chi connectivity index (χ0v) is 9.16. The van der Waals surface area contributed by atoms with Crippen LogP contribution >= 0.6 is 0 Å². The Morgan fingerprint density at radius 3 is 2.86 bits per heavy atom. The molecule has 14 heavy (non-hydrogen) atoms. The molecule has 0 amide bonds. The number of carbonyl (C=O) groups is 1. The van der Waals surface area contributed by atoms with Crippen LogP contribution in [0.25, 0.3) is 0 Å². The molecule has 0 aliphatic heterocycles. The van der Waals surface area contributed by atoms with Gasteiger partial charge in [-0.25, -0.2) is 0 Å². The van der Waals surface area contributed by atoms with Crippen LogP contribution in [0.5, 0.6) is 0 Å². The molecule has 1 atom stereocenters. The van der Waals surface area contributed by atoms with Crippen molar-refractivity contribution in [2.75, 3.05) is 0 Å². The first kappa shape index (κ1) is 11.0. The second kappa shape index (κ2) is 4.94. The summed E-state index contributed by atoms with van der Waals surface area (Å²) in [6.07, 6.45) is 6.24. The standard InChI is InChI=1S/C11H18N2O/c1-4-5-9(2)11(14)6-10-7-12-13(3)8-10/h7-9H,4-6H2,1-3H3. The highest BCUT2D eigenvalue weighted by Crippen LogP contribution is 2.10. The van der Waals surface area contributed by atoms with Gasteiger partial charge in [0.15, 0.2) is 0 Å². The molecule has 0 radical (unpaired) electrons. The Labute approximate surface area is 85.1 Å². The average Bonchev–Trinajstić information content (AvgIpc) is 2.51. The minimum absolute atomic E-state index is 0.181. The normalized spacial score (nSPS) is 12.8. The van der Waals surface area contributed by atoms with Gasteiger partial charge in [0, 0.05) is 25.6 Å². The number of ketones is 1. The zero-order chi connectivity index (χ0) is 10.6. The number of rotatable bonds is 5. The Hall–Kier alpha value is -1.12. The summed E-state index contributed by atoms with van der Waals surface area (Å²) in [4.78, 5) is 11.7. The lowest BCUT2D eigenvalue weighted by atomic mass is 9.97. The Bertz CT molecular complexity index is 304. The molecule has 0 spiro atoms. The molecule has 0 saturated heterocycles. The molecule has 3 heteroatoms. The SMILES string of the molecule is CCCC(C)C(=O)Cc1cnn(C)c1.